The Labute approximate surface area is 107 Å². The first-order chi connectivity index (χ1) is 7.72. The number of hydrogen-bond donors (Lipinski definition) is 1. The second-order valence-electron chi connectivity index (χ2n) is 3.42. The fourth-order valence-electron chi connectivity index (χ4n) is 1.25. The second kappa shape index (κ2) is 5.23. The van der Waals surface area contributed by atoms with Gasteiger partial charge in [-0.25, -0.2) is 0 Å². The molecule has 2 rings (SSSR count). The minimum atomic E-state index is 0.807. The monoisotopic (exact) mass is 273 g/mol. The number of nitrogens with zero attached hydrogens (tertiary/aromatic N) is 2. The predicted octanol–water partition coefficient (Wildman–Crippen LogP) is 2.99. The van der Waals surface area contributed by atoms with Crippen LogP contribution in [-0.2, 0) is 6.42 Å². The number of nitrogens with one attached hydrogen (secondary N) is 1. The molecule has 0 radical (unpaired) electrons. The summed E-state index contributed by atoms with van der Waals surface area (Å²) in [6.45, 7) is 2.93. The van der Waals surface area contributed by atoms with E-state index in [1.165, 1.54) is 0 Å². The Bertz CT molecular complexity index is 478. The van der Waals surface area contributed by atoms with Crippen molar-refractivity contribution in [3.05, 3.63) is 21.0 Å². The van der Waals surface area contributed by atoms with Gasteiger partial charge in [0.15, 0.2) is 5.01 Å². The van der Waals surface area contributed by atoms with E-state index in [0.717, 1.165) is 38.4 Å². The van der Waals surface area contributed by atoms with Gasteiger partial charge in [0.25, 0.3) is 0 Å². The first kappa shape index (κ1) is 12.0. The number of hydrogen-bond acceptors (Lipinski definition) is 5. The minimum absolute atomic E-state index is 0.807. The van der Waals surface area contributed by atoms with Crippen molar-refractivity contribution in [3.8, 4) is 9.88 Å². The highest BCUT2D eigenvalue weighted by Gasteiger charge is 2.13. The van der Waals surface area contributed by atoms with Gasteiger partial charge in [0.05, 0.1) is 9.90 Å². The molecule has 0 aliphatic carbocycles. The molecule has 0 unspecified atom stereocenters. The Kier molecular flexibility index (Phi) is 3.91. The lowest BCUT2D eigenvalue weighted by Gasteiger charge is -1.92. The van der Waals surface area contributed by atoms with Crippen LogP contribution in [0.15, 0.2) is 5.38 Å². The molecule has 2 aromatic heterocycles. The summed E-state index contributed by atoms with van der Waals surface area (Å²) in [5.74, 6) is 0. The smallest absolute Gasteiger partial charge is 0.159 e. The maximum absolute atomic E-state index is 6.19. The summed E-state index contributed by atoms with van der Waals surface area (Å²) in [7, 11) is 1.93. The van der Waals surface area contributed by atoms with Gasteiger partial charge in [-0.05, 0) is 24.9 Å². The van der Waals surface area contributed by atoms with E-state index in [1.54, 1.807) is 22.7 Å². The number of thiophene rings is 1. The summed E-state index contributed by atoms with van der Waals surface area (Å²) in [5.41, 5.74) is 1.11. The predicted molar refractivity (Wildman–Crippen MR) is 70.6 cm³/mol. The van der Waals surface area contributed by atoms with Crippen LogP contribution in [0, 0.1) is 6.92 Å². The van der Waals surface area contributed by atoms with Gasteiger partial charge < -0.3 is 5.32 Å². The topological polar surface area (TPSA) is 37.8 Å². The highest BCUT2D eigenvalue weighted by atomic mass is 35.5. The molecule has 2 heterocycles. The zero-order valence-electron chi connectivity index (χ0n) is 9.08. The molecule has 0 aromatic carbocycles. The van der Waals surface area contributed by atoms with Gasteiger partial charge >= 0.3 is 0 Å². The molecule has 3 nitrogen and oxygen atoms in total. The van der Waals surface area contributed by atoms with Crippen LogP contribution in [-0.4, -0.2) is 23.8 Å². The van der Waals surface area contributed by atoms with Gasteiger partial charge in [-0.3, -0.25) is 0 Å². The van der Waals surface area contributed by atoms with Crippen molar-refractivity contribution in [2.24, 2.45) is 0 Å². The lowest BCUT2D eigenvalue weighted by Crippen LogP contribution is -2.09. The van der Waals surface area contributed by atoms with Crippen molar-refractivity contribution < 1.29 is 0 Å². The standard InChI is InChI=1S/C10H12ClN3S2/c1-6-5-15-9(8(6)11)10-14-13-7(16-10)3-4-12-2/h5,12H,3-4H2,1-2H3. The number of aryl methyl sites for hydroxylation is 1. The second-order valence-corrected chi connectivity index (χ2v) is 5.74. The van der Waals surface area contributed by atoms with E-state index in [2.05, 4.69) is 15.5 Å². The molecule has 6 heteroatoms. The van der Waals surface area contributed by atoms with Crippen LogP contribution in [0.4, 0.5) is 0 Å². The molecule has 16 heavy (non-hydrogen) atoms. The van der Waals surface area contributed by atoms with E-state index >= 15 is 0 Å². The van der Waals surface area contributed by atoms with Gasteiger partial charge in [-0.15, -0.1) is 21.5 Å². The Balaban J connectivity index is 2.21. The Morgan fingerprint density at radius 2 is 2.25 bits per heavy atom. The lowest BCUT2D eigenvalue weighted by molar-refractivity contribution is 0.779. The molecule has 86 valence electrons. The summed E-state index contributed by atoms with van der Waals surface area (Å²) < 4.78 is 0. The average Bonchev–Trinajstić information content (AvgIpc) is 2.85. The van der Waals surface area contributed by atoms with E-state index in [1.807, 2.05) is 19.4 Å². The highest BCUT2D eigenvalue weighted by Crippen LogP contribution is 2.37. The molecule has 0 fully saturated rings. The fraction of sp³-hybridized carbons (Fsp3) is 0.400. The van der Waals surface area contributed by atoms with E-state index < -0.39 is 0 Å². The molecule has 2 aromatic rings. The summed E-state index contributed by atoms with van der Waals surface area (Å²) in [6, 6.07) is 0. The van der Waals surface area contributed by atoms with Gasteiger partial charge in [-0.1, -0.05) is 22.9 Å². The molecular weight excluding hydrogens is 262 g/mol. The molecule has 0 atom stereocenters. The Hall–Kier alpha value is -0.490. The van der Waals surface area contributed by atoms with Gasteiger partial charge in [0.1, 0.15) is 5.01 Å². The molecule has 0 aliphatic rings. The van der Waals surface area contributed by atoms with E-state index in [0.29, 0.717) is 0 Å². The van der Waals surface area contributed by atoms with Gasteiger partial charge in [-0.2, -0.15) is 0 Å². The quantitative estimate of drug-likeness (QED) is 0.931. The Morgan fingerprint density at radius 1 is 1.44 bits per heavy atom. The zero-order valence-corrected chi connectivity index (χ0v) is 11.5. The minimum Gasteiger partial charge on any atom is -0.319 e. The summed E-state index contributed by atoms with van der Waals surface area (Å²) in [5, 5.41) is 16.3. The highest BCUT2D eigenvalue weighted by molar-refractivity contribution is 7.21. The molecule has 0 amide bonds. The third-order valence-electron chi connectivity index (χ3n) is 2.15. The van der Waals surface area contributed by atoms with Crippen molar-refractivity contribution >= 4 is 34.3 Å². The third kappa shape index (κ3) is 2.43. The van der Waals surface area contributed by atoms with Crippen LogP contribution in [0.25, 0.3) is 9.88 Å². The van der Waals surface area contributed by atoms with Crippen molar-refractivity contribution in [1.82, 2.24) is 15.5 Å². The number of halogens is 1. The lowest BCUT2D eigenvalue weighted by atomic mass is 10.3. The van der Waals surface area contributed by atoms with E-state index in [-0.39, 0.29) is 0 Å². The number of rotatable bonds is 4. The molecule has 1 N–H and O–H groups in total. The Morgan fingerprint density at radius 3 is 2.88 bits per heavy atom. The van der Waals surface area contributed by atoms with Crippen LogP contribution in [0.1, 0.15) is 10.6 Å². The van der Waals surface area contributed by atoms with Crippen LogP contribution in [0.3, 0.4) is 0 Å². The van der Waals surface area contributed by atoms with Crippen LogP contribution in [0.5, 0.6) is 0 Å². The first-order valence-electron chi connectivity index (χ1n) is 4.93. The van der Waals surface area contributed by atoms with Crippen molar-refractivity contribution in [2.75, 3.05) is 13.6 Å². The normalized spacial score (nSPS) is 10.9. The molecule has 0 saturated carbocycles. The largest absolute Gasteiger partial charge is 0.319 e. The van der Waals surface area contributed by atoms with Gasteiger partial charge in [0.2, 0.25) is 0 Å². The fourth-order valence-corrected chi connectivity index (χ4v) is 3.52. The number of aromatic nitrogens is 2. The van der Waals surface area contributed by atoms with E-state index in [9.17, 15) is 0 Å². The van der Waals surface area contributed by atoms with Crippen molar-refractivity contribution in [1.29, 1.82) is 0 Å². The van der Waals surface area contributed by atoms with Crippen LogP contribution >= 0.6 is 34.3 Å². The van der Waals surface area contributed by atoms with Gasteiger partial charge in [0, 0.05) is 13.0 Å². The summed E-state index contributed by atoms with van der Waals surface area (Å²) >= 11 is 9.44. The third-order valence-corrected chi connectivity index (χ3v) is 4.98. The molecule has 0 spiro atoms. The summed E-state index contributed by atoms with van der Waals surface area (Å²) in [6.07, 6.45) is 0.913. The molecule has 0 saturated heterocycles. The van der Waals surface area contributed by atoms with Crippen LogP contribution in [0.2, 0.25) is 5.02 Å². The SMILES string of the molecule is CNCCc1nnc(-c2scc(C)c2Cl)s1. The maximum atomic E-state index is 6.19. The average molecular weight is 274 g/mol. The van der Waals surface area contributed by atoms with E-state index in [4.69, 9.17) is 11.6 Å². The molecule has 0 aliphatic heterocycles. The van der Waals surface area contributed by atoms with Crippen molar-refractivity contribution in [2.45, 2.75) is 13.3 Å². The molecular formula is C10H12ClN3S2. The number of likely N-dealkylation sites (N-methyl/N-ethyl adjacent to an activating group) is 1. The van der Waals surface area contributed by atoms with Crippen molar-refractivity contribution in [3.63, 3.8) is 0 Å². The van der Waals surface area contributed by atoms with Crippen LogP contribution < -0.4 is 5.32 Å². The molecule has 0 bridgehead atoms. The first-order valence-corrected chi connectivity index (χ1v) is 7.00. The summed E-state index contributed by atoms with van der Waals surface area (Å²) in [4.78, 5) is 1.03. The zero-order chi connectivity index (χ0) is 11.5. The maximum Gasteiger partial charge on any atom is 0.159 e.